The summed E-state index contributed by atoms with van der Waals surface area (Å²) in [4.78, 5) is 8.60. The minimum Gasteiger partial charge on any atom is -0.255 e. The van der Waals surface area contributed by atoms with Crippen LogP contribution in [0.15, 0.2) is 71.0 Å². The molecular formula is C14H16N2. The van der Waals surface area contributed by atoms with Crippen molar-refractivity contribution in [3.05, 3.63) is 61.0 Å². The van der Waals surface area contributed by atoms with Gasteiger partial charge in [0.15, 0.2) is 0 Å². The van der Waals surface area contributed by atoms with E-state index in [9.17, 15) is 0 Å². The summed E-state index contributed by atoms with van der Waals surface area (Å²) >= 11 is 0. The summed E-state index contributed by atoms with van der Waals surface area (Å²) in [6, 6.07) is 0. The molecule has 16 heavy (non-hydrogen) atoms. The lowest BCUT2D eigenvalue weighted by molar-refractivity contribution is 1.48. The van der Waals surface area contributed by atoms with E-state index >= 15 is 0 Å². The molecule has 2 nitrogen and oxygen atoms in total. The molecule has 0 fully saturated rings. The molecule has 0 aliphatic heterocycles. The maximum atomic E-state index is 4.35. The molecule has 0 saturated heterocycles. The molecule has 1 aliphatic rings. The molecule has 0 amide bonds. The van der Waals surface area contributed by atoms with Crippen molar-refractivity contribution in [3.63, 3.8) is 0 Å². The lowest BCUT2D eigenvalue weighted by Crippen LogP contribution is -2.20. The largest absolute Gasteiger partial charge is 0.255 e. The van der Waals surface area contributed by atoms with Gasteiger partial charge in [-0.05, 0) is 25.0 Å². The third-order valence-electron chi connectivity index (χ3n) is 2.15. The molecule has 0 atom stereocenters. The zero-order valence-electron chi connectivity index (χ0n) is 9.77. The van der Waals surface area contributed by atoms with Crippen LogP contribution in [0.5, 0.6) is 0 Å². The molecule has 0 spiro atoms. The van der Waals surface area contributed by atoms with Crippen molar-refractivity contribution >= 4 is 11.4 Å². The third-order valence-corrected chi connectivity index (χ3v) is 2.15. The highest BCUT2D eigenvalue weighted by molar-refractivity contribution is 6.55. The predicted octanol–water partition coefficient (Wildman–Crippen LogP) is 3.62. The van der Waals surface area contributed by atoms with Gasteiger partial charge in [-0.25, -0.2) is 0 Å². The Balaban J connectivity index is 3.33. The van der Waals surface area contributed by atoms with Crippen molar-refractivity contribution in [2.45, 2.75) is 13.8 Å². The number of hydrogen-bond donors (Lipinski definition) is 0. The average Bonchev–Trinajstić information content (AvgIpc) is 2.29. The number of rotatable bonds is 2. The lowest BCUT2D eigenvalue weighted by Gasteiger charge is -2.14. The summed E-state index contributed by atoms with van der Waals surface area (Å²) < 4.78 is 0. The van der Waals surface area contributed by atoms with Crippen LogP contribution >= 0.6 is 0 Å². The van der Waals surface area contributed by atoms with E-state index in [1.807, 2.05) is 38.2 Å². The van der Waals surface area contributed by atoms with Crippen molar-refractivity contribution in [1.29, 1.82) is 0 Å². The first kappa shape index (κ1) is 12.1. The van der Waals surface area contributed by atoms with Gasteiger partial charge >= 0.3 is 0 Å². The SMILES string of the molecule is C=CN=C1C(=N/C=C\C)C(=C)C=C/C1=C/C. The molecule has 1 rings (SSSR count). The van der Waals surface area contributed by atoms with Crippen LogP contribution in [-0.4, -0.2) is 11.4 Å². The Morgan fingerprint density at radius 1 is 1.12 bits per heavy atom. The predicted molar refractivity (Wildman–Crippen MR) is 71.9 cm³/mol. The Hall–Kier alpha value is -1.96. The lowest BCUT2D eigenvalue weighted by atomic mass is 9.93. The molecule has 0 aromatic rings. The quantitative estimate of drug-likeness (QED) is 0.668. The maximum Gasteiger partial charge on any atom is 0.0960 e. The van der Waals surface area contributed by atoms with Crippen molar-refractivity contribution in [2.75, 3.05) is 0 Å². The standard InChI is InChI=1S/C14H16N2/c1-5-10-16-13-11(4)8-9-12(6-2)14(13)15-7-3/h5-10H,3-4H2,1-2H3/b10-5-,12-6-,15-14?,16-13?. The highest BCUT2D eigenvalue weighted by Crippen LogP contribution is 2.16. The van der Waals surface area contributed by atoms with Gasteiger partial charge in [0.05, 0.1) is 11.4 Å². The molecule has 0 aromatic carbocycles. The fourth-order valence-corrected chi connectivity index (χ4v) is 1.39. The number of nitrogens with zero attached hydrogens (tertiary/aromatic N) is 2. The molecular weight excluding hydrogens is 196 g/mol. The first-order chi connectivity index (χ1) is 7.74. The summed E-state index contributed by atoms with van der Waals surface area (Å²) in [5, 5.41) is 0. The monoisotopic (exact) mass is 212 g/mol. The summed E-state index contributed by atoms with van der Waals surface area (Å²) in [6.07, 6.45) is 11.1. The van der Waals surface area contributed by atoms with Crippen molar-refractivity contribution in [1.82, 2.24) is 0 Å². The molecule has 0 radical (unpaired) electrons. The van der Waals surface area contributed by atoms with Crippen molar-refractivity contribution < 1.29 is 0 Å². The number of allylic oxidation sites excluding steroid dienone is 6. The smallest absolute Gasteiger partial charge is 0.0960 e. The Morgan fingerprint density at radius 3 is 2.44 bits per heavy atom. The van der Waals surface area contributed by atoms with Gasteiger partial charge in [-0.1, -0.05) is 37.5 Å². The van der Waals surface area contributed by atoms with E-state index in [1.54, 1.807) is 6.20 Å². The Bertz CT molecular complexity index is 443. The third kappa shape index (κ3) is 2.54. The topological polar surface area (TPSA) is 24.7 Å². The molecule has 0 saturated carbocycles. The van der Waals surface area contributed by atoms with Crippen LogP contribution in [0, 0.1) is 0 Å². The molecule has 82 valence electrons. The van der Waals surface area contributed by atoms with E-state index in [0.717, 1.165) is 22.6 Å². The van der Waals surface area contributed by atoms with E-state index in [4.69, 9.17) is 0 Å². The van der Waals surface area contributed by atoms with Crippen LogP contribution in [0.2, 0.25) is 0 Å². The Labute approximate surface area is 96.8 Å². The molecule has 0 heterocycles. The number of aliphatic imine (C=N–C) groups is 2. The normalized spacial score (nSPS) is 23.9. The second-order valence-electron chi connectivity index (χ2n) is 3.22. The Kier molecular flexibility index (Phi) is 4.40. The van der Waals surface area contributed by atoms with Crippen LogP contribution < -0.4 is 0 Å². The average molecular weight is 212 g/mol. The Morgan fingerprint density at radius 2 is 1.88 bits per heavy atom. The van der Waals surface area contributed by atoms with E-state index in [2.05, 4.69) is 23.1 Å². The van der Waals surface area contributed by atoms with Crippen LogP contribution in [0.1, 0.15) is 13.8 Å². The van der Waals surface area contributed by atoms with Crippen molar-refractivity contribution in [2.24, 2.45) is 9.98 Å². The first-order valence-corrected chi connectivity index (χ1v) is 5.16. The van der Waals surface area contributed by atoms with Crippen LogP contribution in [0.3, 0.4) is 0 Å². The van der Waals surface area contributed by atoms with Gasteiger partial charge in [0.1, 0.15) is 0 Å². The van der Waals surface area contributed by atoms with Crippen LogP contribution in [0.4, 0.5) is 0 Å². The van der Waals surface area contributed by atoms with E-state index in [-0.39, 0.29) is 0 Å². The van der Waals surface area contributed by atoms with Gasteiger partial charge in [0, 0.05) is 12.4 Å². The second kappa shape index (κ2) is 5.81. The van der Waals surface area contributed by atoms with E-state index < -0.39 is 0 Å². The summed E-state index contributed by atoms with van der Waals surface area (Å²) in [7, 11) is 0. The fraction of sp³-hybridized carbons (Fsp3) is 0.143. The molecule has 0 bridgehead atoms. The first-order valence-electron chi connectivity index (χ1n) is 5.16. The van der Waals surface area contributed by atoms with Gasteiger partial charge < -0.3 is 0 Å². The van der Waals surface area contributed by atoms with Crippen LogP contribution in [0.25, 0.3) is 0 Å². The molecule has 2 heteroatoms. The zero-order chi connectivity index (χ0) is 12.0. The van der Waals surface area contributed by atoms with Gasteiger partial charge in [0.25, 0.3) is 0 Å². The highest BCUT2D eigenvalue weighted by atomic mass is 14.8. The summed E-state index contributed by atoms with van der Waals surface area (Å²) in [5.41, 5.74) is 3.52. The van der Waals surface area contributed by atoms with Gasteiger partial charge in [-0.3, -0.25) is 9.98 Å². The summed E-state index contributed by atoms with van der Waals surface area (Å²) in [6.45, 7) is 11.5. The minimum absolute atomic E-state index is 0.800. The van der Waals surface area contributed by atoms with E-state index in [1.165, 1.54) is 6.20 Å². The van der Waals surface area contributed by atoms with E-state index in [0.29, 0.717) is 0 Å². The highest BCUT2D eigenvalue weighted by Gasteiger charge is 2.17. The zero-order valence-corrected chi connectivity index (χ0v) is 9.77. The maximum absolute atomic E-state index is 4.35. The van der Waals surface area contributed by atoms with Gasteiger partial charge in [0.2, 0.25) is 0 Å². The van der Waals surface area contributed by atoms with Crippen LogP contribution in [-0.2, 0) is 0 Å². The molecule has 1 aliphatic carbocycles. The van der Waals surface area contributed by atoms with Gasteiger partial charge in [-0.15, -0.1) is 0 Å². The molecule has 0 aromatic heterocycles. The molecule has 0 unspecified atom stereocenters. The van der Waals surface area contributed by atoms with Crippen molar-refractivity contribution in [3.8, 4) is 0 Å². The fourth-order valence-electron chi connectivity index (χ4n) is 1.39. The number of hydrogen-bond acceptors (Lipinski definition) is 2. The summed E-state index contributed by atoms with van der Waals surface area (Å²) in [5.74, 6) is 0. The molecule has 0 N–H and O–H groups in total. The minimum atomic E-state index is 0.800. The second-order valence-corrected chi connectivity index (χ2v) is 3.22. The van der Waals surface area contributed by atoms with Gasteiger partial charge in [-0.2, -0.15) is 0 Å².